The Labute approximate surface area is 217 Å². The van der Waals surface area contributed by atoms with Gasteiger partial charge in [-0.15, -0.1) is 0 Å². The van der Waals surface area contributed by atoms with Crippen LogP contribution in [-0.2, 0) is 17.5 Å². The van der Waals surface area contributed by atoms with Crippen molar-refractivity contribution in [1.82, 2.24) is 19.6 Å². The highest BCUT2D eigenvalue weighted by Crippen LogP contribution is 2.35. The van der Waals surface area contributed by atoms with Gasteiger partial charge in [0, 0.05) is 23.5 Å². The van der Waals surface area contributed by atoms with Crippen LogP contribution in [0.2, 0.25) is 5.02 Å². The summed E-state index contributed by atoms with van der Waals surface area (Å²) >= 11 is 5.78. The van der Waals surface area contributed by atoms with Gasteiger partial charge in [0.25, 0.3) is 5.24 Å². The fourth-order valence-electron chi connectivity index (χ4n) is 4.82. The van der Waals surface area contributed by atoms with Crippen LogP contribution in [0.15, 0.2) is 42.6 Å². The second-order valence-corrected chi connectivity index (χ2v) is 11.4. The number of rotatable bonds is 4. The first-order valence-corrected chi connectivity index (χ1v) is 13.4. The molecule has 3 aromatic rings. The average molecular weight is 555 g/mol. The van der Waals surface area contributed by atoms with Crippen molar-refractivity contribution in [3.8, 4) is 0 Å². The molecular weight excluding hydrogens is 532 g/mol. The van der Waals surface area contributed by atoms with Crippen LogP contribution in [0.1, 0.15) is 23.1 Å². The van der Waals surface area contributed by atoms with E-state index in [1.54, 1.807) is 36.8 Å². The van der Waals surface area contributed by atoms with E-state index in [-0.39, 0.29) is 40.6 Å². The number of benzene rings is 2. The van der Waals surface area contributed by atoms with E-state index >= 15 is 0 Å². The molecule has 3 atom stereocenters. The number of likely N-dealkylation sites (tertiary alicyclic amines) is 1. The molecule has 0 saturated carbocycles. The van der Waals surface area contributed by atoms with Crippen molar-refractivity contribution in [3.63, 3.8) is 0 Å². The lowest BCUT2D eigenvalue weighted by Crippen LogP contribution is -2.53. The summed E-state index contributed by atoms with van der Waals surface area (Å²) in [5.74, 6) is -0.356. The van der Waals surface area contributed by atoms with Crippen LogP contribution in [0.25, 0.3) is 10.9 Å². The monoisotopic (exact) mass is 554 g/mol. The first kappa shape index (κ1) is 25.9. The summed E-state index contributed by atoms with van der Waals surface area (Å²) in [6.07, 6.45) is -3.89. The van der Waals surface area contributed by atoms with E-state index in [1.807, 2.05) is 4.90 Å². The van der Waals surface area contributed by atoms with Gasteiger partial charge in [0.1, 0.15) is 6.17 Å². The summed E-state index contributed by atoms with van der Waals surface area (Å²) in [6.45, 7) is 0.688. The number of nitrogens with zero attached hydrogens (tertiary/aromatic N) is 4. The number of carbonyl (C=O) groups is 2. The van der Waals surface area contributed by atoms with Crippen molar-refractivity contribution in [2.75, 3.05) is 25.9 Å². The standard InChI is InChI=1S/C25H23ClF4N4O2S/c1-32-7-6-22(20(27)12-32)34-23(35)14-37(24(34)36)13-15-2-5-21-17(8-15)10-31-33(21)11-16-3-4-18(26)9-19(16)25(28,29)30/h2-5,8-10,13,20,22H,6-7,11-12,14H2,1H3/t20-,22-,37?/m0/s1. The zero-order chi connectivity index (χ0) is 26.5. The normalized spacial score (nSPS) is 23.5. The Bertz CT molecular complexity index is 1420. The van der Waals surface area contributed by atoms with Crippen LogP contribution in [0, 0.1) is 0 Å². The molecule has 196 valence electrons. The Morgan fingerprint density at radius 2 is 1.97 bits per heavy atom. The van der Waals surface area contributed by atoms with Gasteiger partial charge in [-0.3, -0.25) is 19.2 Å². The molecule has 3 heterocycles. The van der Waals surface area contributed by atoms with E-state index in [9.17, 15) is 27.2 Å². The lowest BCUT2D eigenvalue weighted by atomic mass is 10.0. The Balaban J connectivity index is 1.39. The van der Waals surface area contributed by atoms with Crippen LogP contribution >= 0.6 is 22.1 Å². The van der Waals surface area contributed by atoms with Crippen molar-refractivity contribution in [3.05, 3.63) is 64.3 Å². The van der Waals surface area contributed by atoms with Crippen molar-refractivity contribution in [2.24, 2.45) is 0 Å². The molecule has 0 N–H and O–H groups in total. The van der Waals surface area contributed by atoms with Gasteiger partial charge in [-0.05, 0) is 54.2 Å². The maximum Gasteiger partial charge on any atom is 0.416 e. The van der Waals surface area contributed by atoms with Gasteiger partial charge in [-0.1, -0.05) is 34.2 Å². The molecule has 2 saturated heterocycles. The van der Waals surface area contributed by atoms with Crippen LogP contribution in [0.3, 0.4) is 0 Å². The quantitative estimate of drug-likeness (QED) is 0.329. The van der Waals surface area contributed by atoms with E-state index in [4.69, 9.17) is 11.6 Å². The van der Waals surface area contributed by atoms with Gasteiger partial charge < -0.3 is 4.90 Å². The van der Waals surface area contributed by atoms with Gasteiger partial charge in [0.2, 0.25) is 5.91 Å². The summed E-state index contributed by atoms with van der Waals surface area (Å²) < 4.78 is 56.6. The van der Waals surface area contributed by atoms with Crippen LogP contribution in [-0.4, -0.2) is 74.2 Å². The van der Waals surface area contributed by atoms with Gasteiger partial charge >= 0.3 is 6.18 Å². The fourth-order valence-corrected chi connectivity index (χ4v) is 6.67. The number of hydrogen-bond acceptors (Lipinski definition) is 4. The Morgan fingerprint density at radius 3 is 2.70 bits per heavy atom. The van der Waals surface area contributed by atoms with E-state index in [0.717, 1.165) is 11.0 Å². The summed E-state index contributed by atoms with van der Waals surface area (Å²) in [5.41, 5.74) is 0.518. The second kappa shape index (κ2) is 9.85. The Morgan fingerprint density at radius 1 is 1.19 bits per heavy atom. The highest BCUT2D eigenvalue weighted by atomic mass is 35.5. The van der Waals surface area contributed by atoms with E-state index in [0.29, 0.717) is 29.4 Å². The summed E-state index contributed by atoms with van der Waals surface area (Å²) in [4.78, 5) is 28.6. The van der Waals surface area contributed by atoms with E-state index in [1.165, 1.54) is 16.8 Å². The number of halogens is 5. The molecule has 37 heavy (non-hydrogen) atoms. The predicted octanol–water partition coefficient (Wildman–Crippen LogP) is 5.18. The fraction of sp³-hybridized carbons (Fsp3) is 0.360. The average Bonchev–Trinajstić information content (AvgIpc) is 3.34. The molecule has 0 radical (unpaired) electrons. The van der Waals surface area contributed by atoms with Gasteiger partial charge in [-0.25, -0.2) is 4.39 Å². The maximum absolute atomic E-state index is 14.6. The lowest BCUT2D eigenvalue weighted by molar-refractivity contribution is -0.138. The second-order valence-electron chi connectivity index (χ2n) is 9.27. The molecule has 2 aliphatic heterocycles. The van der Waals surface area contributed by atoms with E-state index in [2.05, 4.69) is 5.10 Å². The van der Waals surface area contributed by atoms with Crippen LogP contribution < -0.4 is 0 Å². The molecule has 2 aromatic carbocycles. The molecule has 2 aliphatic rings. The molecule has 1 aromatic heterocycles. The number of piperidine rings is 1. The van der Waals surface area contributed by atoms with Crippen molar-refractivity contribution in [1.29, 1.82) is 0 Å². The molecular formula is C25H23ClF4N4O2S. The highest BCUT2D eigenvalue weighted by molar-refractivity contribution is 8.28. The summed E-state index contributed by atoms with van der Waals surface area (Å²) in [6, 6.07) is 8.12. The number of amides is 2. The first-order chi connectivity index (χ1) is 17.5. The minimum atomic E-state index is -4.55. The number of hydrogen-bond donors (Lipinski definition) is 0. The summed E-state index contributed by atoms with van der Waals surface area (Å²) in [7, 11) is 0.779. The van der Waals surface area contributed by atoms with Crippen LogP contribution in [0.4, 0.5) is 22.4 Å². The number of imide groups is 1. The van der Waals surface area contributed by atoms with Gasteiger partial charge in [-0.2, -0.15) is 18.3 Å². The Hall–Kier alpha value is -2.76. The maximum atomic E-state index is 14.6. The third-order valence-corrected chi connectivity index (χ3v) is 8.65. The summed E-state index contributed by atoms with van der Waals surface area (Å²) in [5, 5.41) is 6.26. The molecule has 5 rings (SSSR count). The Kier molecular flexibility index (Phi) is 6.88. The zero-order valence-electron chi connectivity index (χ0n) is 19.7. The highest BCUT2D eigenvalue weighted by Gasteiger charge is 2.43. The largest absolute Gasteiger partial charge is 0.416 e. The third-order valence-electron chi connectivity index (χ3n) is 6.65. The zero-order valence-corrected chi connectivity index (χ0v) is 21.3. The van der Waals surface area contributed by atoms with Crippen molar-refractivity contribution < 1.29 is 27.2 Å². The van der Waals surface area contributed by atoms with E-state index < -0.39 is 34.4 Å². The predicted molar refractivity (Wildman–Crippen MR) is 136 cm³/mol. The number of fused-ring (bicyclic) bond motifs is 1. The van der Waals surface area contributed by atoms with Crippen LogP contribution in [0.5, 0.6) is 0 Å². The third kappa shape index (κ3) is 5.17. The first-order valence-electron chi connectivity index (χ1n) is 11.6. The molecule has 6 nitrogen and oxygen atoms in total. The molecule has 0 aliphatic carbocycles. The smallest absolute Gasteiger partial charge is 0.303 e. The molecule has 0 bridgehead atoms. The molecule has 0 spiro atoms. The minimum absolute atomic E-state index is 0.00113. The van der Waals surface area contributed by atoms with Gasteiger partial charge in [0.15, 0.2) is 0 Å². The van der Waals surface area contributed by atoms with Crippen molar-refractivity contribution in [2.45, 2.75) is 31.4 Å². The number of alkyl halides is 4. The number of carbonyl (C=O) groups excluding carboxylic acids is 2. The van der Waals surface area contributed by atoms with Crippen molar-refractivity contribution >= 4 is 49.5 Å². The molecule has 2 amide bonds. The lowest BCUT2D eigenvalue weighted by Gasteiger charge is -2.36. The molecule has 12 heteroatoms. The molecule has 1 unspecified atom stereocenters. The minimum Gasteiger partial charge on any atom is -0.303 e. The SMILES string of the molecule is CN1CC[C@H](N2C(=O)CS(=Cc3ccc4c(cnn4Cc4ccc(Cl)cc4C(F)(F)F)c3)C2=O)[C@@H](F)C1. The van der Waals surface area contributed by atoms with Gasteiger partial charge in [0.05, 0.1) is 35.6 Å². The number of aromatic nitrogens is 2. The molecule has 2 fully saturated rings. The topological polar surface area (TPSA) is 58.4 Å².